The second kappa shape index (κ2) is 7.35. The Morgan fingerprint density at radius 3 is 2.63 bits per heavy atom. The van der Waals surface area contributed by atoms with Crippen LogP contribution >= 0.6 is 0 Å². The van der Waals surface area contributed by atoms with Crippen molar-refractivity contribution >= 4 is 0 Å². The van der Waals surface area contributed by atoms with Crippen LogP contribution in [0.25, 0.3) is 0 Å². The average molecular weight is 277 g/mol. The van der Waals surface area contributed by atoms with Gasteiger partial charge < -0.3 is 14.8 Å². The van der Waals surface area contributed by atoms with E-state index in [0.29, 0.717) is 24.4 Å². The molecule has 0 aliphatic rings. The number of halogens is 3. The first-order valence-corrected chi connectivity index (χ1v) is 5.99. The quantitative estimate of drug-likeness (QED) is 0.831. The lowest BCUT2D eigenvalue weighted by atomic mass is 10.1. The summed E-state index contributed by atoms with van der Waals surface area (Å²) in [5.74, 6) is 0.592. The van der Waals surface area contributed by atoms with Crippen LogP contribution in [0, 0.1) is 0 Å². The molecule has 0 fully saturated rings. The lowest BCUT2D eigenvalue weighted by Crippen LogP contribution is -2.27. The van der Waals surface area contributed by atoms with Gasteiger partial charge in [-0.2, -0.15) is 13.2 Å². The Kier molecular flexibility index (Phi) is 6.11. The molecular weight excluding hydrogens is 259 g/mol. The average Bonchev–Trinajstić information content (AvgIpc) is 2.38. The number of rotatable bonds is 7. The second-order valence-electron chi connectivity index (χ2n) is 4.00. The summed E-state index contributed by atoms with van der Waals surface area (Å²) < 4.78 is 46.7. The lowest BCUT2D eigenvalue weighted by Gasteiger charge is -2.20. The van der Waals surface area contributed by atoms with Gasteiger partial charge in [-0.15, -0.1) is 0 Å². The fourth-order valence-electron chi connectivity index (χ4n) is 1.59. The molecule has 0 spiro atoms. The van der Waals surface area contributed by atoms with E-state index in [4.69, 9.17) is 9.47 Å². The summed E-state index contributed by atoms with van der Waals surface area (Å²) >= 11 is 0. The monoisotopic (exact) mass is 277 g/mol. The van der Waals surface area contributed by atoms with Gasteiger partial charge in [-0.05, 0) is 24.2 Å². The maximum atomic E-state index is 12.2. The number of benzene rings is 1. The molecule has 19 heavy (non-hydrogen) atoms. The first-order valence-electron chi connectivity index (χ1n) is 5.99. The Morgan fingerprint density at radius 1 is 1.32 bits per heavy atom. The van der Waals surface area contributed by atoms with E-state index in [9.17, 15) is 13.2 Å². The van der Waals surface area contributed by atoms with Gasteiger partial charge in [-0.3, -0.25) is 0 Å². The molecule has 1 atom stereocenters. The van der Waals surface area contributed by atoms with Crippen LogP contribution in [0.15, 0.2) is 24.3 Å². The van der Waals surface area contributed by atoms with Gasteiger partial charge in [-0.1, -0.05) is 19.1 Å². The number of hydrogen-bond acceptors (Lipinski definition) is 3. The van der Waals surface area contributed by atoms with Gasteiger partial charge in [-0.25, -0.2) is 0 Å². The molecular formula is C13H18F3NO2. The summed E-state index contributed by atoms with van der Waals surface area (Å²) in [5.41, 5.74) is 0.657. The standard InChI is InChI=1S/C13H18F3NO2/c1-3-17-8-12(19-9-13(14,15)16)10-5-4-6-11(7-10)18-2/h4-7,12,17H,3,8-9H2,1-2H3. The van der Waals surface area contributed by atoms with Gasteiger partial charge in [0.2, 0.25) is 0 Å². The summed E-state index contributed by atoms with van der Waals surface area (Å²) in [7, 11) is 1.51. The molecule has 1 rings (SSSR count). The fourth-order valence-corrected chi connectivity index (χ4v) is 1.59. The van der Waals surface area contributed by atoms with E-state index < -0.39 is 18.9 Å². The zero-order chi connectivity index (χ0) is 14.3. The van der Waals surface area contributed by atoms with Crippen molar-refractivity contribution in [1.29, 1.82) is 0 Å². The summed E-state index contributed by atoms with van der Waals surface area (Å²) in [5, 5.41) is 2.99. The highest BCUT2D eigenvalue weighted by atomic mass is 19.4. The summed E-state index contributed by atoms with van der Waals surface area (Å²) in [6.07, 6.45) is -4.99. The smallest absolute Gasteiger partial charge is 0.411 e. The number of hydrogen-bond donors (Lipinski definition) is 1. The summed E-state index contributed by atoms with van der Waals surface area (Å²) in [6, 6.07) is 6.86. The van der Waals surface area contributed by atoms with Crippen molar-refractivity contribution < 1.29 is 22.6 Å². The first kappa shape index (κ1) is 15.8. The van der Waals surface area contributed by atoms with Crippen LogP contribution in [0.5, 0.6) is 5.75 Å². The summed E-state index contributed by atoms with van der Waals surface area (Å²) in [6.45, 7) is 1.60. The van der Waals surface area contributed by atoms with Crippen LogP contribution in [-0.2, 0) is 4.74 Å². The van der Waals surface area contributed by atoms with Gasteiger partial charge in [0.05, 0.1) is 13.2 Å². The third-order valence-electron chi connectivity index (χ3n) is 2.49. The zero-order valence-electron chi connectivity index (χ0n) is 11.0. The third-order valence-corrected chi connectivity index (χ3v) is 2.49. The Bertz CT molecular complexity index is 382. The molecule has 0 aliphatic carbocycles. The molecule has 1 N–H and O–H groups in total. The maximum absolute atomic E-state index is 12.2. The molecule has 0 bridgehead atoms. The number of likely N-dealkylation sites (N-methyl/N-ethyl adjacent to an activating group) is 1. The molecule has 0 saturated carbocycles. The van der Waals surface area contributed by atoms with Crippen molar-refractivity contribution in [2.75, 3.05) is 26.8 Å². The molecule has 0 amide bonds. The molecule has 108 valence electrons. The van der Waals surface area contributed by atoms with Crippen LogP contribution in [0.4, 0.5) is 13.2 Å². The van der Waals surface area contributed by atoms with Gasteiger partial charge in [0.1, 0.15) is 12.4 Å². The molecule has 0 saturated heterocycles. The third kappa shape index (κ3) is 5.94. The highest BCUT2D eigenvalue weighted by Crippen LogP contribution is 2.24. The van der Waals surface area contributed by atoms with Crippen molar-refractivity contribution in [3.8, 4) is 5.75 Å². The van der Waals surface area contributed by atoms with Crippen LogP contribution in [0.1, 0.15) is 18.6 Å². The van der Waals surface area contributed by atoms with Gasteiger partial charge >= 0.3 is 6.18 Å². The van der Waals surface area contributed by atoms with Crippen molar-refractivity contribution in [2.24, 2.45) is 0 Å². The number of methoxy groups -OCH3 is 1. The topological polar surface area (TPSA) is 30.5 Å². The Hall–Kier alpha value is -1.27. The molecule has 3 nitrogen and oxygen atoms in total. The molecule has 1 aromatic carbocycles. The van der Waals surface area contributed by atoms with Gasteiger partial charge in [0, 0.05) is 6.54 Å². The van der Waals surface area contributed by atoms with Crippen LogP contribution in [-0.4, -0.2) is 33.0 Å². The molecule has 1 unspecified atom stereocenters. The molecule has 0 heterocycles. The number of alkyl halides is 3. The van der Waals surface area contributed by atoms with E-state index in [-0.39, 0.29) is 0 Å². The van der Waals surface area contributed by atoms with E-state index in [2.05, 4.69) is 5.32 Å². The van der Waals surface area contributed by atoms with Crippen molar-refractivity contribution in [3.05, 3.63) is 29.8 Å². The van der Waals surface area contributed by atoms with Gasteiger partial charge in [0.25, 0.3) is 0 Å². The van der Waals surface area contributed by atoms with Crippen LogP contribution in [0.2, 0.25) is 0 Å². The molecule has 1 aromatic rings. The maximum Gasteiger partial charge on any atom is 0.411 e. The van der Waals surface area contributed by atoms with Crippen LogP contribution < -0.4 is 10.1 Å². The van der Waals surface area contributed by atoms with E-state index in [1.807, 2.05) is 6.92 Å². The minimum absolute atomic E-state index is 0.319. The van der Waals surface area contributed by atoms with E-state index >= 15 is 0 Å². The predicted octanol–water partition coefficient (Wildman–Crippen LogP) is 2.92. The van der Waals surface area contributed by atoms with Crippen molar-refractivity contribution in [2.45, 2.75) is 19.2 Å². The predicted molar refractivity (Wildman–Crippen MR) is 66.3 cm³/mol. The fraction of sp³-hybridized carbons (Fsp3) is 0.538. The second-order valence-corrected chi connectivity index (χ2v) is 4.00. The SMILES string of the molecule is CCNCC(OCC(F)(F)F)c1cccc(OC)c1. The Morgan fingerprint density at radius 2 is 2.05 bits per heavy atom. The van der Waals surface area contributed by atoms with Crippen molar-refractivity contribution in [1.82, 2.24) is 5.32 Å². The lowest BCUT2D eigenvalue weighted by molar-refractivity contribution is -0.185. The van der Waals surface area contributed by atoms with E-state index in [1.54, 1.807) is 24.3 Å². The molecule has 0 aliphatic heterocycles. The number of ether oxygens (including phenoxy) is 2. The highest BCUT2D eigenvalue weighted by molar-refractivity contribution is 5.30. The zero-order valence-corrected chi connectivity index (χ0v) is 11.0. The molecule has 0 radical (unpaired) electrons. The van der Waals surface area contributed by atoms with Crippen LogP contribution in [0.3, 0.4) is 0 Å². The van der Waals surface area contributed by atoms with Crippen molar-refractivity contribution in [3.63, 3.8) is 0 Å². The Balaban J connectivity index is 2.76. The first-order chi connectivity index (χ1) is 8.96. The largest absolute Gasteiger partial charge is 0.497 e. The van der Waals surface area contributed by atoms with E-state index in [0.717, 1.165) is 0 Å². The highest BCUT2D eigenvalue weighted by Gasteiger charge is 2.29. The molecule has 0 aromatic heterocycles. The minimum atomic E-state index is -4.33. The minimum Gasteiger partial charge on any atom is -0.497 e. The summed E-state index contributed by atoms with van der Waals surface area (Å²) in [4.78, 5) is 0. The van der Waals surface area contributed by atoms with E-state index in [1.165, 1.54) is 7.11 Å². The normalized spacial score (nSPS) is 13.3. The van der Waals surface area contributed by atoms with Gasteiger partial charge in [0.15, 0.2) is 0 Å². The number of nitrogens with one attached hydrogen (secondary N) is 1. The molecule has 6 heteroatoms. The Labute approximate surface area is 110 Å².